The largest absolute Gasteiger partial charge is 0.309 e. The van der Waals surface area contributed by atoms with Gasteiger partial charge in [-0.25, -0.2) is 0 Å². The van der Waals surface area contributed by atoms with E-state index < -0.39 is 0 Å². The number of hydrogen-bond donors (Lipinski definition) is 0. The first kappa shape index (κ1) is 37.1. The van der Waals surface area contributed by atoms with Gasteiger partial charge in [-0.1, -0.05) is 218 Å². The summed E-state index contributed by atoms with van der Waals surface area (Å²) in [7, 11) is 0. The fourth-order valence-corrected chi connectivity index (χ4v) is 10.8. The Morgan fingerprint density at radius 2 is 0.646 bits per heavy atom. The second-order valence-corrected chi connectivity index (χ2v) is 17.1. The van der Waals surface area contributed by atoms with Crippen LogP contribution in [0.1, 0.15) is 0 Å². The molecule has 0 aliphatic heterocycles. The van der Waals surface area contributed by atoms with Crippen molar-refractivity contribution in [3.63, 3.8) is 0 Å². The number of nitrogens with zero attached hydrogens (tertiary/aromatic N) is 1. The maximum absolute atomic E-state index is 2.48. The summed E-state index contributed by atoms with van der Waals surface area (Å²) < 4.78 is 0. The van der Waals surface area contributed by atoms with E-state index in [0.29, 0.717) is 0 Å². The normalized spacial score (nSPS) is 11.7. The van der Waals surface area contributed by atoms with Crippen LogP contribution in [-0.4, -0.2) is 0 Å². The summed E-state index contributed by atoms with van der Waals surface area (Å²) in [5.74, 6) is 0. The highest BCUT2D eigenvalue weighted by Gasteiger charge is 2.22. The van der Waals surface area contributed by atoms with Crippen molar-refractivity contribution in [1.29, 1.82) is 0 Å². The number of fused-ring (bicyclic) bond motifs is 11. The maximum Gasteiger partial charge on any atom is 0.0540 e. The third-order valence-electron chi connectivity index (χ3n) is 13.6. The average molecular weight is 824 g/mol. The highest BCUT2D eigenvalue weighted by molar-refractivity contribution is 6.36. The van der Waals surface area contributed by atoms with E-state index in [-0.39, 0.29) is 0 Å². The Labute approximate surface area is 377 Å². The lowest BCUT2D eigenvalue weighted by atomic mass is 9.88. The first-order chi connectivity index (χ1) is 32.3. The molecule has 0 aliphatic rings. The molecule has 1 nitrogen and oxygen atoms in total. The Morgan fingerprint density at radius 1 is 0.215 bits per heavy atom. The third kappa shape index (κ3) is 5.94. The topological polar surface area (TPSA) is 3.24 Å². The van der Waals surface area contributed by atoms with Crippen LogP contribution >= 0.6 is 0 Å². The van der Waals surface area contributed by atoms with E-state index in [1.54, 1.807) is 0 Å². The van der Waals surface area contributed by atoms with Gasteiger partial charge in [-0.15, -0.1) is 0 Å². The molecule has 0 radical (unpaired) electrons. The Balaban J connectivity index is 1.25. The molecule has 0 saturated heterocycles. The minimum absolute atomic E-state index is 1.08. The van der Waals surface area contributed by atoms with Crippen LogP contribution in [0.25, 0.3) is 108 Å². The lowest BCUT2D eigenvalue weighted by Crippen LogP contribution is -2.12. The summed E-state index contributed by atoms with van der Waals surface area (Å²) in [4.78, 5) is 2.48. The van der Waals surface area contributed by atoms with E-state index in [9.17, 15) is 0 Å². The Hall–Kier alpha value is -8.52. The Kier molecular flexibility index (Phi) is 8.60. The number of anilines is 3. The highest BCUT2D eigenvalue weighted by atomic mass is 15.1. The molecule has 0 amide bonds. The zero-order chi connectivity index (χ0) is 42.8. The quantitative estimate of drug-likeness (QED) is 0.156. The van der Waals surface area contributed by atoms with Gasteiger partial charge in [-0.3, -0.25) is 0 Å². The molecule has 0 aromatic heterocycles. The average Bonchev–Trinajstić information content (AvgIpc) is 3.38. The minimum atomic E-state index is 1.08. The maximum atomic E-state index is 2.48. The second kappa shape index (κ2) is 15.1. The van der Waals surface area contributed by atoms with E-state index >= 15 is 0 Å². The van der Waals surface area contributed by atoms with Crippen molar-refractivity contribution in [3.05, 3.63) is 249 Å². The molecule has 0 fully saturated rings. The van der Waals surface area contributed by atoms with Gasteiger partial charge < -0.3 is 4.90 Å². The molecule has 0 saturated carbocycles. The molecule has 65 heavy (non-hydrogen) atoms. The molecule has 13 aromatic rings. The van der Waals surface area contributed by atoms with Crippen LogP contribution in [0.4, 0.5) is 17.1 Å². The van der Waals surface area contributed by atoms with E-state index in [4.69, 9.17) is 0 Å². The van der Waals surface area contributed by atoms with Crippen LogP contribution in [0, 0.1) is 0 Å². The lowest BCUT2D eigenvalue weighted by molar-refractivity contribution is 1.29. The van der Waals surface area contributed by atoms with Crippen LogP contribution in [0.2, 0.25) is 0 Å². The molecular formula is C64H41N. The molecule has 0 aliphatic carbocycles. The summed E-state index contributed by atoms with van der Waals surface area (Å²) in [6.07, 6.45) is 0. The van der Waals surface area contributed by atoms with Gasteiger partial charge in [0.05, 0.1) is 11.4 Å². The van der Waals surface area contributed by atoms with Gasteiger partial charge in [0.25, 0.3) is 0 Å². The van der Waals surface area contributed by atoms with Crippen LogP contribution in [-0.2, 0) is 0 Å². The molecule has 1 heteroatoms. The van der Waals surface area contributed by atoms with Crippen molar-refractivity contribution in [3.8, 4) is 22.3 Å². The van der Waals surface area contributed by atoms with E-state index in [0.717, 1.165) is 28.2 Å². The number of para-hydroxylation sites is 2. The van der Waals surface area contributed by atoms with Gasteiger partial charge in [0.1, 0.15) is 0 Å². The highest BCUT2D eigenvalue weighted by Crippen LogP contribution is 2.48. The standard InChI is InChI=1S/C64H41N/c1-3-18-42(19-4-1)48-24-13-15-32-60(48)65(61-33-16-14-25-49(61)43-20-5-2-6-21-43)47-37-39-55-58(41-47)54-30-10-9-28-52(54)50-26-7-8-27-51(50)53-29-11-12-31-56(53)64-57-38-36-45-23-17-22-44-34-35-46(40-59(55)64)63(57)62(44)45/h1-41H. The molecule has 0 atom stereocenters. The predicted molar refractivity (Wildman–Crippen MR) is 281 cm³/mol. The minimum Gasteiger partial charge on any atom is -0.309 e. The van der Waals surface area contributed by atoms with Gasteiger partial charge in [-0.2, -0.15) is 0 Å². The Morgan fingerprint density at radius 3 is 1.23 bits per heavy atom. The zero-order valence-electron chi connectivity index (χ0n) is 35.6. The smallest absolute Gasteiger partial charge is 0.0540 e. The van der Waals surface area contributed by atoms with E-state index in [1.165, 1.54) is 97.3 Å². The van der Waals surface area contributed by atoms with Crippen LogP contribution in [0.3, 0.4) is 0 Å². The molecule has 302 valence electrons. The van der Waals surface area contributed by atoms with Gasteiger partial charge in [0.15, 0.2) is 0 Å². The van der Waals surface area contributed by atoms with Crippen LogP contribution in [0.15, 0.2) is 249 Å². The van der Waals surface area contributed by atoms with Crippen molar-refractivity contribution in [1.82, 2.24) is 0 Å². The van der Waals surface area contributed by atoms with Crippen molar-refractivity contribution in [2.45, 2.75) is 0 Å². The molecule has 0 N–H and O–H groups in total. The SMILES string of the molecule is c1ccc(-c2ccccc2N(c2ccc3c(c2)c2ccccc2c2ccccc2c2ccccc2c2c3cc3ccc4cccc5ccc2c3c45)c2ccccc2-c2ccccc2)cc1. The predicted octanol–water partition coefficient (Wildman–Crippen LogP) is 18.3. The molecule has 0 spiro atoms. The van der Waals surface area contributed by atoms with Crippen molar-refractivity contribution in [2.24, 2.45) is 0 Å². The first-order valence-corrected chi connectivity index (χ1v) is 22.5. The summed E-state index contributed by atoms with van der Waals surface area (Å²) in [6.45, 7) is 0. The van der Waals surface area contributed by atoms with Crippen molar-refractivity contribution in [2.75, 3.05) is 4.90 Å². The van der Waals surface area contributed by atoms with Crippen molar-refractivity contribution >= 4 is 103 Å². The molecule has 0 bridgehead atoms. The molecule has 0 heterocycles. The molecular weight excluding hydrogens is 783 g/mol. The number of benzene rings is 12. The van der Waals surface area contributed by atoms with Crippen molar-refractivity contribution < 1.29 is 0 Å². The number of hydrogen-bond acceptors (Lipinski definition) is 1. The van der Waals surface area contributed by atoms with Crippen LogP contribution in [0.5, 0.6) is 0 Å². The fourth-order valence-electron chi connectivity index (χ4n) is 10.8. The van der Waals surface area contributed by atoms with E-state index in [1.807, 2.05) is 0 Å². The zero-order valence-corrected chi connectivity index (χ0v) is 35.6. The van der Waals surface area contributed by atoms with E-state index in [2.05, 4.69) is 254 Å². The van der Waals surface area contributed by atoms with Crippen LogP contribution < -0.4 is 4.90 Å². The summed E-state index contributed by atoms with van der Waals surface area (Å²) in [5, 5.41) is 19.9. The van der Waals surface area contributed by atoms with Gasteiger partial charge >= 0.3 is 0 Å². The monoisotopic (exact) mass is 823 g/mol. The summed E-state index contributed by atoms with van der Waals surface area (Å²) in [6, 6.07) is 92.0. The summed E-state index contributed by atoms with van der Waals surface area (Å²) >= 11 is 0. The molecule has 13 rings (SSSR count). The first-order valence-electron chi connectivity index (χ1n) is 22.5. The van der Waals surface area contributed by atoms with Gasteiger partial charge in [0.2, 0.25) is 0 Å². The Bertz CT molecular complexity index is 3960. The van der Waals surface area contributed by atoms with Gasteiger partial charge in [0, 0.05) is 16.8 Å². The number of rotatable bonds is 5. The second-order valence-electron chi connectivity index (χ2n) is 17.1. The lowest BCUT2D eigenvalue weighted by Gasteiger charge is -2.30. The molecule has 0 unspecified atom stereocenters. The fraction of sp³-hybridized carbons (Fsp3) is 0. The van der Waals surface area contributed by atoms with Gasteiger partial charge in [-0.05, 0) is 128 Å². The third-order valence-corrected chi connectivity index (χ3v) is 13.6. The molecule has 13 aromatic carbocycles. The summed E-state index contributed by atoms with van der Waals surface area (Å²) in [5.41, 5.74) is 7.96.